The molecule has 1 aliphatic heterocycles. The summed E-state index contributed by atoms with van der Waals surface area (Å²) in [6.45, 7) is 8.60. The zero-order valence-electron chi connectivity index (χ0n) is 19.3. The first kappa shape index (κ1) is 23.2. The van der Waals surface area contributed by atoms with Crippen molar-refractivity contribution in [2.75, 3.05) is 5.75 Å². The molecule has 3 fully saturated rings. The lowest BCUT2D eigenvalue weighted by molar-refractivity contribution is -0.132. The maximum absolute atomic E-state index is 13.8. The zero-order valence-corrected chi connectivity index (χ0v) is 21.0. The van der Waals surface area contributed by atoms with Gasteiger partial charge in [-0.25, -0.2) is 12.7 Å². The van der Waals surface area contributed by atoms with Crippen LogP contribution in [0.2, 0.25) is 0 Å². The first-order valence-electron chi connectivity index (χ1n) is 11.9. The van der Waals surface area contributed by atoms with Crippen molar-refractivity contribution < 1.29 is 13.2 Å². The number of hydrogen-bond acceptors (Lipinski definition) is 4. The van der Waals surface area contributed by atoms with Gasteiger partial charge in [0, 0.05) is 21.5 Å². The molecule has 4 nitrogen and oxygen atoms in total. The summed E-state index contributed by atoms with van der Waals surface area (Å²) in [7, 11) is -3.56. The van der Waals surface area contributed by atoms with Gasteiger partial charge >= 0.3 is 0 Å². The predicted molar refractivity (Wildman–Crippen MR) is 127 cm³/mol. The molecule has 0 unspecified atom stereocenters. The SMILES string of the molecule is CCCCC[C@H](Sc1ccccc1)[C@@H](C)C(=O)N1[C@H]2C[C@@H]3CC[C@@]2(CS1(=O)=O)C3(C)C. The van der Waals surface area contributed by atoms with Gasteiger partial charge in [0.05, 0.1) is 11.8 Å². The quantitative estimate of drug-likeness (QED) is 0.365. The van der Waals surface area contributed by atoms with E-state index in [1.165, 1.54) is 4.31 Å². The van der Waals surface area contributed by atoms with Crippen LogP contribution in [0, 0.1) is 22.7 Å². The van der Waals surface area contributed by atoms with Gasteiger partial charge in [-0.1, -0.05) is 65.2 Å². The number of sulfonamides is 1. The summed E-state index contributed by atoms with van der Waals surface area (Å²) in [4.78, 5) is 14.9. The Labute approximate surface area is 192 Å². The Balaban J connectivity index is 1.59. The van der Waals surface area contributed by atoms with E-state index in [0.29, 0.717) is 5.92 Å². The van der Waals surface area contributed by atoms with Gasteiger partial charge in [-0.2, -0.15) is 0 Å². The fourth-order valence-corrected chi connectivity index (χ4v) is 10.5. The third kappa shape index (κ3) is 3.76. The van der Waals surface area contributed by atoms with Crippen LogP contribution in [0.1, 0.15) is 72.6 Å². The minimum absolute atomic E-state index is 0.0116. The second-order valence-electron chi connectivity index (χ2n) is 10.5. The summed E-state index contributed by atoms with van der Waals surface area (Å²) in [6, 6.07) is 10.1. The molecule has 0 aromatic heterocycles. The van der Waals surface area contributed by atoms with Crippen LogP contribution in [-0.4, -0.2) is 35.7 Å². The van der Waals surface area contributed by atoms with Crippen LogP contribution < -0.4 is 0 Å². The lowest BCUT2D eigenvalue weighted by Gasteiger charge is -2.37. The molecule has 1 heterocycles. The van der Waals surface area contributed by atoms with E-state index < -0.39 is 10.0 Å². The van der Waals surface area contributed by atoms with Crippen LogP contribution in [0.3, 0.4) is 0 Å². The molecular weight excluding hydrogens is 426 g/mol. The van der Waals surface area contributed by atoms with Gasteiger partial charge in [0.15, 0.2) is 0 Å². The first-order valence-corrected chi connectivity index (χ1v) is 14.4. The van der Waals surface area contributed by atoms with E-state index in [4.69, 9.17) is 0 Å². The van der Waals surface area contributed by atoms with Crippen LogP contribution in [0.15, 0.2) is 35.2 Å². The van der Waals surface area contributed by atoms with Crippen LogP contribution >= 0.6 is 11.8 Å². The van der Waals surface area contributed by atoms with Crippen LogP contribution in [-0.2, 0) is 14.8 Å². The summed E-state index contributed by atoms with van der Waals surface area (Å²) >= 11 is 1.73. The van der Waals surface area contributed by atoms with Crippen molar-refractivity contribution >= 4 is 27.7 Å². The van der Waals surface area contributed by atoms with Crippen molar-refractivity contribution in [1.82, 2.24) is 4.31 Å². The highest BCUT2D eigenvalue weighted by atomic mass is 32.2. The molecule has 6 heteroatoms. The molecule has 172 valence electrons. The Bertz CT molecular complexity index is 914. The largest absolute Gasteiger partial charge is 0.273 e. The Morgan fingerprint density at radius 1 is 1.23 bits per heavy atom. The molecule has 2 bridgehead atoms. The molecule has 0 N–H and O–H groups in total. The molecule has 1 aromatic rings. The molecule has 3 aliphatic rings. The summed E-state index contributed by atoms with van der Waals surface area (Å²) in [5.74, 6) is 0.181. The van der Waals surface area contributed by atoms with Gasteiger partial charge in [0.1, 0.15) is 0 Å². The summed E-state index contributed by atoms with van der Waals surface area (Å²) in [6.07, 6.45) is 7.14. The van der Waals surface area contributed by atoms with Crippen LogP contribution in [0.25, 0.3) is 0 Å². The molecule has 1 saturated heterocycles. The minimum atomic E-state index is -3.56. The van der Waals surface area contributed by atoms with Crippen molar-refractivity contribution in [3.05, 3.63) is 30.3 Å². The fourth-order valence-electron chi connectivity index (χ4n) is 6.62. The third-order valence-corrected chi connectivity index (χ3v) is 12.1. The lowest BCUT2D eigenvalue weighted by Crippen LogP contribution is -2.47. The number of carbonyl (C=O) groups excluding carboxylic acids is 1. The van der Waals surface area contributed by atoms with Gasteiger partial charge in [0.2, 0.25) is 15.9 Å². The smallest absolute Gasteiger partial charge is 0.240 e. The molecule has 4 rings (SSSR count). The van der Waals surface area contributed by atoms with Crippen molar-refractivity contribution in [2.24, 2.45) is 22.7 Å². The van der Waals surface area contributed by atoms with E-state index in [1.54, 1.807) is 11.8 Å². The first-order chi connectivity index (χ1) is 14.6. The van der Waals surface area contributed by atoms with E-state index in [-0.39, 0.29) is 39.7 Å². The number of nitrogens with zero attached hydrogens (tertiary/aromatic N) is 1. The Morgan fingerprint density at radius 2 is 1.94 bits per heavy atom. The highest BCUT2D eigenvalue weighted by Crippen LogP contribution is 2.70. The molecule has 5 atom stereocenters. The Hall–Kier alpha value is -1.01. The van der Waals surface area contributed by atoms with Gasteiger partial charge in [-0.15, -0.1) is 11.8 Å². The monoisotopic (exact) mass is 463 g/mol. The molecule has 2 saturated carbocycles. The average Bonchev–Trinajstić information content (AvgIpc) is 3.21. The van der Waals surface area contributed by atoms with E-state index in [1.807, 2.05) is 25.1 Å². The molecule has 0 radical (unpaired) electrons. The second-order valence-corrected chi connectivity index (χ2v) is 13.7. The number of hydrogen-bond donors (Lipinski definition) is 0. The number of fused-ring (bicyclic) bond motifs is 1. The number of carbonyl (C=O) groups is 1. The molecule has 1 spiro atoms. The van der Waals surface area contributed by atoms with Crippen molar-refractivity contribution in [2.45, 2.75) is 88.8 Å². The van der Waals surface area contributed by atoms with Crippen molar-refractivity contribution in [3.63, 3.8) is 0 Å². The zero-order chi connectivity index (χ0) is 22.4. The van der Waals surface area contributed by atoms with Gasteiger partial charge in [-0.3, -0.25) is 4.79 Å². The van der Waals surface area contributed by atoms with Crippen LogP contribution in [0.4, 0.5) is 0 Å². The molecule has 1 amide bonds. The van der Waals surface area contributed by atoms with Gasteiger partial charge < -0.3 is 0 Å². The van der Waals surface area contributed by atoms with Crippen molar-refractivity contribution in [1.29, 1.82) is 0 Å². The lowest BCUT2D eigenvalue weighted by atomic mass is 9.69. The number of unbranched alkanes of at least 4 members (excludes halogenated alkanes) is 2. The Morgan fingerprint density at radius 3 is 2.58 bits per heavy atom. The van der Waals surface area contributed by atoms with Gasteiger partial charge in [-0.05, 0) is 49.1 Å². The number of benzene rings is 1. The summed E-state index contributed by atoms with van der Waals surface area (Å²) in [5, 5.41) is 0.0831. The maximum Gasteiger partial charge on any atom is 0.240 e. The summed E-state index contributed by atoms with van der Waals surface area (Å²) in [5.41, 5.74) is -0.265. The molecular formula is C25H37NO3S2. The average molecular weight is 464 g/mol. The molecule has 2 aliphatic carbocycles. The highest BCUT2D eigenvalue weighted by molar-refractivity contribution is 8.00. The highest BCUT2D eigenvalue weighted by Gasteiger charge is 2.72. The fraction of sp³-hybridized carbons (Fsp3) is 0.720. The molecule has 1 aromatic carbocycles. The predicted octanol–water partition coefficient (Wildman–Crippen LogP) is 5.73. The van der Waals surface area contributed by atoms with E-state index in [9.17, 15) is 13.2 Å². The number of thioether (sulfide) groups is 1. The van der Waals surface area contributed by atoms with Crippen LogP contribution in [0.5, 0.6) is 0 Å². The topological polar surface area (TPSA) is 54.5 Å². The summed E-state index contributed by atoms with van der Waals surface area (Å²) < 4.78 is 28.0. The number of rotatable bonds is 8. The number of amides is 1. The standard InChI is InChI=1S/C25H37NO3S2/c1-5-6-8-13-21(30-20-11-9-7-10-12-20)18(2)23(27)26-22-16-19-14-15-25(22,24(19,3)4)17-31(26,28)29/h7,9-12,18-19,21-22H,5-6,8,13-17H2,1-4H3/t18-,19+,21+,22+,25+/m1/s1. The second kappa shape index (κ2) is 8.40. The van der Waals surface area contributed by atoms with E-state index >= 15 is 0 Å². The van der Waals surface area contributed by atoms with E-state index in [2.05, 4.69) is 32.9 Å². The minimum Gasteiger partial charge on any atom is -0.273 e. The maximum atomic E-state index is 13.8. The van der Waals surface area contributed by atoms with E-state index in [0.717, 1.165) is 49.8 Å². The Kier molecular flexibility index (Phi) is 6.28. The third-order valence-electron chi connectivity index (χ3n) is 8.70. The van der Waals surface area contributed by atoms with Gasteiger partial charge in [0.25, 0.3) is 0 Å². The van der Waals surface area contributed by atoms with Crippen molar-refractivity contribution in [3.8, 4) is 0 Å². The normalized spacial score (nSPS) is 32.1. The molecule has 31 heavy (non-hydrogen) atoms.